The average molecular weight is 370 g/mol. The van der Waals surface area contributed by atoms with E-state index in [0.717, 1.165) is 28.4 Å². The lowest BCUT2D eigenvalue weighted by Crippen LogP contribution is -2.15. The number of nitrogens with zero attached hydrogens (tertiary/aromatic N) is 3. The molecule has 5 nitrogen and oxygen atoms in total. The Kier molecular flexibility index (Phi) is 4.81. The maximum atomic E-state index is 6.22. The predicted octanol–water partition coefficient (Wildman–Crippen LogP) is 4.37. The summed E-state index contributed by atoms with van der Waals surface area (Å²) >= 11 is 0. The molecule has 2 N–H and O–H groups in total. The number of pyridine rings is 1. The number of benzene rings is 2. The lowest BCUT2D eigenvalue weighted by molar-refractivity contribution is 0.415. The van der Waals surface area contributed by atoms with Gasteiger partial charge in [-0.1, -0.05) is 24.3 Å². The molecule has 0 fully saturated rings. The van der Waals surface area contributed by atoms with Crippen LogP contribution in [0.15, 0.2) is 83.8 Å². The molecular formula is C23H22N4O. The number of ether oxygens (including phenoxy) is 1. The van der Waals surface area contributed by atoms with Crippen LogP contribution in [0.3, 0.4) is 0 Å². The summed E-state index contributed by atoms with van der Waals surface area (Å²) < 4.78 is 6.22. The number of fused-ring (bicyclic) bond motifs is 1. The molecule has 0 spiro atoms. The summed E-state index contributed by atoms with van der Waals surface area (Å²) in [5, 5.41) is 0. The van der Waals surface area contributed by atoms with Crippen LogP contribution in [0.5, 0.6) is 5.75 Å². The highest BCUT2D eigenvalue weighted by Gasteiger charge is 2.18. The summed E-state index contributed by atoms with van der Waals surface area (Å²) in [6.07, 6.45) is 6.16. The van der Waals surface area contributed by atoms with Gasteiger partial charge in [0.25, 0.3) is 0 Å². The SMILES string of the molecule is CN(C)c1ccc(N)c(OC2=CC(=Nc3ccncc3)c3ccccc3C2)c1. The second-order valence-corrected chi connectivity index (χ2v) is 6.87. The molecule has 0 unspecified atom stereocenters. The minimum absolute atomic E-state index is 0.609. The van der Waals surface area contributed by atoms with Crippen molar-refractivity contribution in [2.24, 2.45) is 4.99 Å². The highest BCUT2D eigenvalue weighted by atomic mass is 16.5. The third-order valence-electron chi connectivity index (χ3n) is 4.62. The molecule has 2 aromatic carbocycles. The van der Waals surface area contributed by atoms with Gasteiger partial charge in [-0.15, -0.1) is 0 Å². The quantitative estimate of drug-likeness (QED) is 0.693. The van der Waals surface area contributed by atoms with Crippen LogP contribution in [0.2, 0.25) is 0 Å². The first kappa shape index (κ1) is 17.8. The van der Waals surface area contributed by atoms with Crippen molar-refractivity contribution in [3.8, 4) is 5.75 Å². The summed E-state index contributed by atoms with van der Waals surface area (Å²) in [4.78, 5) is 10.9. The van der Waals surface area contributed by atoms with Crippen LogP contribution in [-0.4, -0.2) is 24.8 Å². The van der Waals surface area contributed by atoms with Crippen LogP contribution < -0.4 is 15.4 Å². The van der Waals surface area contributed by atoms with Crippen LogP contribution in [0.1, 0.15) is 11.1 Å². The molecule has 140 valence electrons. The first-order chi connectivity index (χ1) is 13.6. The molecule has 1 aliphatic rings. The second kappa shape index (κ2) is 7.56. The molecule has 28 heavy (non-hydrogen) atoms. The molecule has 5 heteroatoms. The molecule has 0 amide bonds. The highest BCUT2D eigenvalue weighted by molar-refractivity contribution is 6.12. The molecular weight excluding hydrogens is 348 g/mol. The number of nitrogen functional groups attached to an aromatic ring is 1. The summed E-state index contributed by atoms with van der Waals surface area (Å²) in [5.74, 6) is 1.47. The standard InChI is InChI=1S/C23H22N4O/c1-27(2)18-7-8-21(24)23(14-18)28-19-13-16-5-3-4-6-20(16)22(15-19)26-17-9-11-25-12-10-17/h3-12,14-15H,13,24H2,1-2H3. The lowest BCUT2D eigenvalue weighted by Gasteiger charge is -2.21. The fraction of sp³-hybridized carbons (Fsp3) is 0.130. The van der Waals surface area contributed by atoms with Crippen LogP contribution in [-0.2, 0) is 6.42 Å². The molecule has 1 aromatic heterocycles. The number of aromatic nitrogens is 1. The van der Waals surface area contributed by atoms with E-state index in [4.69, 9.17) is 15.5 Å². The number of aliphatic imine (C=N–C) groups is 1. The normalized spacial score (nSPS) is 14.4. The summed E-state index contributed by atoms with van der Waals surface area (Å²) in [7, 11) is 3.98. The molecule has 0 atom stereocenters. The number of hydrogen-bond donors (Lipinski definition) is 1. The molecule has 1 heterocycles. The van der Waals surface area contributed by atoms with E-state index in [1.165, 1.54) is 5.56 Å². The summed E-state index contributed by atoms with van der Waals surface area (Å²) in [6, 6.07) is 17.8. The van der Waals surface area contributed by atoms with Gasteiger partial charge in [-0.3, -0.25) is 4.98 Å². The van der Waals surface area contributed by atoms with Crippen molar-refractivity contribution >= 4 is 22.8 Å². The maximum absolute atomic E-state index is 6.22. The van der Waals surface area contributed by atoms with E-state index in [1.54, 1.807) is 12.4 Å². The van der Waals surface area contributed by atoms with E-state index < -0.39 is 0 Å². The molecule has 1 aliphatic carbocycles. The minimum Gasteiger partial charge on any atom is -0.459 e. The van der Waals surface area contributed by atoms with E-state index in [9.17, 15) is 0 Å². The number of hydrogen-bond acceptors (Lipinski definition) is 5. The Morgan fingerprint density at radius 1 is 1.04 bits per heavy atom. The van der Waals surface area contributed by atoms with Crippen LogP contribution in [0.4, 0.5) is 17.1 Å². The molecule has 4 rings (SSSR count). The van der Waals surface area contributed by atoms with Crippen molar-refractivity contribution in [2.45, 2.75) is 6.42 Å². The van der Waals surface area contributed by atoms with Crippen molar-refractivity contribution in [1.29, 1.82) is 0 Å². The Balaban J connectivity index is 1.72. The van der Waals surface area contributed by atoms with Gasteiger partial charge in [-0.05, 0) is 29.8 Å². The molecule has 0 radical (unpaired) electrons. The molecule has 0 bridgehead atoms. The zero-order valence-corrected chi connectivity index (χ0v) is 16.0. The van der Waals surface area contributed by atoms with Crippen molar-refractivity contribution in [3.05, 3.63) is 90.0 Å². The average Bonchev–Trinajstić information content (AvgIpc) is 2.70. The van der Waals surface area contributed by atoms with E-state index in [-0.39, 0.29) is 0 Å². The number of anilines is 2. The molecule has 0 aliphatic heterocycles. The van der Waals surface area contributed by atoms with Gasteiger partial charge in [0.1, 0.15) is 5.76 Å². The topological polar surface area (TPSA) is 63.7 Å². The van der Waals surface area contributed by atoms with E-state index in [2.05, 4.69) is 17.1 Å². The van der Waals surface area contributed by atoms with Gasteiger partial charge in [-0.25, -0.2) is 4.99 Å². The van der Waals surface area contributed by atoms with Crippen LogP contribution in [0.25, 0.3) is 0 Å². The number of allylic oxidation sites excluding steroid dienone is 2. The van der Waals surface area contributed by atoms with E-state index in [1.807, 2.05) is 67.5 Å². The smallest absolute Gasteiger partial charge is 0.151 e. The molecule has 0 saturated carbocycles. The zero-order chi connectivity index (χ0) is 19.5. The maximum Gasteiger partial charge on any atom is 0.151 e. The number of nitrogens with two attached hydrogens (primary N) is 1. The summed E-state index contributed by atoms with van der Waals surface area (Å²) in [5.41, 5.74) is 11.8. The highest BCUT2D eigenvalue weighted by Crippen LogP contribution is 2.31. The largest absolute Gasteiger partial charge is 0.459 e. The Morgan fingerprint density at radius 3 is 2.61 bits per heavy atom. The van der Waals surface area contributed by atoms with Crippen LogP contribution >= 0.6 is 0 Å². The third kappa shape index (κ3) is 3.74. The fourth-order valence-electron chi connectivity index (χ4n) is 3.14. The molecule has 0 saturated heterocycles. The van der Waals surface area contributed by atoms with Crippen molar-refractivity contribution in [1.82, 2.24) is 4.98 Å². The van der Waals surface area contributed by atoms with Gasteiger partial charge in [-0.2, -0.15) is 0 Å². The first-order valence-electron chi connectivity index (χ1n) is 9.12. The predicted molar refractivity (Wildman–Crippen MR) is 114 cm³/mol. The van der Waals surface area contributed by atoms with E-state index in [0.29, 0.717) is 17.9 Å². The van der Waals surface area contributed by atoms with Gasteiger partial charge >= 0.3 is 0 Å². The number of rotatable bonds is 4. The van der Waals surface area contributed by atoms with E-state index >= 15 is 0 Å². The second-order valence-electron chi connectivity index (χ2n) is 6.87. The third-order valence-corrected chi connectivity index (χ3v) is 4.62. The Bertz CT molecular complexity index is 1060. The Labute approximate surface area is 164 Å². The van der Waals surface area contributed by atoms with Crippen LogP contribution in [0, 0.1) is 0 Å². The fourth-order valence-corrected chi connectivity index (χ4v) is 3.14. The molecule has 3 aromatic rings. The monoisotopic (exact) mass is 370 g/mol. The van der Waals surface area contributed by atoms with Gasteiger partial charge in [0.15, 0.2) is 5.75 Å². The first-order valence-corrected chi connectivity index (χ1v) is 9.12. The Morgan fingerprint density at radius 2 is 1.82 bits per heavy atom. The summed E-state index contributed by atoms with van der Waals surface area (Å²) in [6.45, 7) is 0. The zero-order valence-electron chi connectivity index (χ0n) is 16.0. The minimum atomic E-state index is 0.609. The van der Waals surface area contributed by atoms with Crippen molar-refractivity contribution in [2.75, 3.05) is 24.7 Å². The van der Waals surface area contributed by atoms with Gasteiger partial charge in [0.2, 0.25) is 0 Å². The van der Waals surface area contributed by atoms with Crippen molar-refractivity contribution < 1.29 is 4.74 Å². The van der Waals surface area contributed by atoms with Gasteiger partial charge in [0.05, 0.1) is 17.1 Å². The lowest BCUT2D eigenvalue weighted by atomic mass is 9.94. The van der Waals surface area contributed by atoms with Gasteiger partial charge < -0.3 is 15.4 Å². The Hall–Kier alpha value is -3.60. The van der Waals surface area contributed by atoms with Crippen molar-refractivity contribution in [3.63, 3.8) is 0 Å². The van der Waals surface area contributed by atoms with Gasteiger partial charge in [0, 0.05) is 56.3 Å².